The summed E-state index contributed by atoms with van der Waals surface area (Å²) < 4.78 is 38.6. The van der Waals surface area contributed by atoms with Crippen molar-refractivity contribution in [1.29, 1.82) is 5.26 Å². The summed E-state index contributed by atoms with van der Waals surface area (Å²) in [6, 6.07) is 2.80. The van der Waals surface area contributed by atoms with Crippen LogP contribution in [0.1, 0.15) is 57.1 Å². The van der Waals surface area contributed by atoms with Gasteiger partial charge < -0.3 is 0 Å². The SMILES string of the molecule is CC.Cc1cc(C(F)(F)F)c(C(C)(C)C)nc1C#N. The number of aromatic nitrogens is 1. The highest BCUT2D eigenvalue weighted by molar-refractivity contribution is 5.40. The number of nitrogens with zero attached hydrogens (tertiary/aromatic N) is 2. The summed E-state index contributed by atoms with van der Waals surface area (Å²) in [5.41, 5.74) is -1.33. The summed E-state index contributed by atoms with van der Waals surface area (Å²) in [7, 11) is 0. The first-order chi connectivity index (χ1) is 8.57. The molecule has 0 aliphatic carbocycles. The fourth-order valence-electron chi connectivity index (χ4n) is 1.51. The molecule has 0 aromatic carbocycles. The Bertz CT molecular complexity index is 477. The zero-order valence-corrected chi connectivity index (χ0v) is 12.1. The number of hydrogen-bond acceptors (Lipinski definition) is 2. The highest BCUT2D eigenvalue weighted by Crippen LogP contribution is 2.37. The van der Waals surface area contributed by atoms with Gasteiger partial charge in [-0.25, -0.2) is 4.98 Å². The molecule has 0 saturated heterocycles. The van der Waals surface area contributed by atoms with Crippen LogP contribution < -0.4 is 0 Å². The van der Waals surface area contributed by atoms with Crippen molar-refractivity contribution in [3.63, 3.8) is 0 Å². The van der Waals surface area contributed by atoms with E-state index in [-0.39, 0.29) is 17.0 Å². The molecule has 1 aromatic heterocycles. The number of halogens is 3. The number of alkyl halides is 3. The van der Waals surface area contributed by atoms with E-state index in [1.807, 2.05) is 19.9 Å². The van der Waals surface area contributed by atoms with E-state index < -0.39 is 17.2 Å². The largest absolute Gasteiger partial charge is 0.418 e. The molecule has 0 unspecified atom stereocenters. The first-order valence-corrected chi connectivity index (χ1v) is 6.07. The lowest BCUT2D eigenvalue weighted by atomic mass is 9.87. The van der Waals surface area contributed by atoms with Gasteiger partial charge in [-0.3, -0.25) is 0 Å². The fraction of sp³-hybridized carbons (Fsp3) is 0.571. The lowest BCUT2D eigenvalue weighted by molar-refractivity contribution is -0.139. The molecule has 0 bridgehead atoms. The third-order valence-electron chi connectivity index (χ3n) is 2.33. The second-order valence-corrected chi connectivity index (χ2v) is 4.91. The summed E-state index contributed by atoms with van der Waals surface area (Å²) in [4.78, 5) is 3.85. The van der Waals surface area contributed by atoms with Gasteiger partial charge in [-0.05, 0) is 18.6 Å². The van der Waals surface area contributed by atoms with Gasteiger partial charge in [-0.2, -0.15) is 18.4 Å². The highest BCUT2D eigenvalue weighted by atomic mass is 19.4. The minimum Gasteiger partial charge on any atom is -0.241 e. The second-order valence-electron chi connectivity index (χ2n) is 4.91. The number of rotatable bonds is 0. The summed E-state index contributed by atoms with van der Waals surface area (Å²) in [6.45, 7) is 10.4. The van der Waals surface area contributed by atoms with Gasteiger partial charge >= 0.3 is 6.18 Å². The molecule has 0 saturated carbocycles. The average Bonchev–Trinajstić information content (AvgIpc) is 2.28. The Balaban J connectivity index is 0.00000154. The number of pyridine rings is 1. The molecule has 0 aliphatic heterocycles. The molecule has 0 aliphatic rings. The van der Waals surface area contributed by atoms with Crippen molar-refractivity contribution in [2.24, 2.45) is 0 Å². The smallest absolute Gasteiger partial charge is 0.241 e. The fourth-order valence-corrected chi connectivity index (χ4v) is 1.51. The molecule has 0 atom stereocenters. The van der Waals surface area contributed by atoms with Crippen molar-refractivity contribution in [3.05, 3.63) is 28.6 Å². The molecular weight excluding hydrogens is 253 g/mol. The van der Waals surface area contributed by atoms with Gasteiger partial charge in [0.2, 0.25) is 0 Å². The molecule has 2 nitrogen and oxygen atoms in total. The highest BCUT2D eigenvalue weighted by Gasteiger charge is 2.38. The standard InChI is InChI=1S/C12H13F3N2.C2H6/c1-7-5-8(12(13,14)15)10(11(2,3)4)17-9(7)6-16;1-2/h5H,1-4H3;1-2H3. The van der Waals surface area contributed by atoms with Crippen LogP contribution >= 0.6 is 0 Å². The van der Waals surface area contributed by atoms with Gasteiger partial charge in [0.05, 0.1) is 11.3 Å². The molecule has 1 heterocycles. The van der Waals surface area contributed by atoms with Gasteiger partial charge in [0.15, 0.2) is 0 Å². The monoisotopic (exact) mass is 272 g/mol. The van der Waals surface area contributed by atoms with Gasteiger partial charge in [0, 0.05) is 5.41 Å². The van der Waals surface area contributed by atoms with E-state index in [0.717, 1.165) is 6.07 Å². The zero-order chi connectivity index (χ0) is 15.4. The Morgan fingerprint density at radius 2 is 1.63 bits per heavy atom. The van der Waals surface area contributed by atoms with Crippen molar-refractivity contribution in [3.8, 4) is 6.07 Å². The topological polar surface area (TPSA) is 36.7 Å². The maximum Gasteiger partial charge on any atom is 0.418 e. The van der Waals surface area contributed by atoms with Crippen molar-refractivity contribution < 1.29 is 13.2 Å². The van der Waals surface area contributed by atoms with Crippen LogP contribution in [0.2, 0.25) is 0 Å². The van der Waals surface area contributed by atoms with E-state index in [4.69, 9.17) is 5.26 Å². The molecule has 0 radical (unpaired) electrons. The average molecular weight is 272 g/mol. The van der Waals surface area contributed by atoms with Crippen molar-refractivity contribution in [1.82, 2.24) is 4.98 Å². The second kappa shape index (κ2) is 6.05. The Hall–Kier alpha value is -1.57. The third kappa shape index (κ3) is 4.23. The molecule has 19 heavy (non-hydrogen) atoms. The molecule has 1 rings (SSSR count). The van der Waals surface area contributed by atoms with Crippen LogP contribution in [0.4, 0.5) is 13.2 Å². The van der Waals surface area contributed by atoms with Gasteiger partial charge in [-0.15, -0.1) is 0 Å². The van der Waals surface area contributed by atoms with Crippen LogP contribution in [-0.4, -0.2) is 4.98 Å². The zero-order valence-electron chi connectivity index (χ0n) is 12.1. The van der Waals surface area contributed by atoms with E-state index >= 15 is 0 Å². The molecule has 5 heteroatoms. The summed E-state index contributed by atoms with van der Waals surface area (Å²) in [6.07, 6.45) is -4.45. The number of hydrogen-bond donors (Lipinski definition) is 0. The summed E-state index contributed by atoms with van der Waals surface area (Å²) in [5, 5.41) is 8.81. The van der Waals surface area contributed by atoms with E-state index in [0.29, 0.717) is 0 Å². The van der Waals surface area contributed by atoms with Gasteiger partial charge in [-0.1, -0.05) is 34.6 Å². The maximum atomic E-state index is 12.9. The predicted molar refractivity (Wildman–Crippen MR) is 68.7 cm³/mol. The summed E-state index contributed by atoms with van der Waals surface area (Å²) >= 11 is 0. The predicted octanol–water partition coefficient (Wildman–Crippen LogP) is 4.60. The van der Waals surface area contributed by atoms with E-state index in [1.165, 1.54) is 6.92 Å². The van der Waals surface area contributed by atoms with Crippen molar-refractivity contribution >= 4 is 0 Å². The van der Waals surface area contributed by atoms with Gasteiger partial charge in [0.1, 0.15) is 11.8 Å². The molecule has 0 fully saturated rings. The van der Waals surface area contributed by atoms with Crippen LogP contribution in [0.15, 0.2) is 6.07 Å². The van der Waals surface area contributed by atoms with Crippen molar-refractivity contribution in [2.75, 3.05) is 0 Å². The first-order valence-electron chi connectivity index (χ1n) is 6.07. The van der Waals surface area contributed by atoms with Crippen LogP contribution in [0, 0.1) is 18.3 Å². The van der Waals surface area contributed by atoms with Crippen LogP contribution in [-0.2, 0) is 11.6 Å². The lowest BCUT2D eigenvalue weighted by Crippen LogP contribution is -2.22. The normalized spacial score (nSPS) is 11.4. The lowest BCUT2D eigenvalue weighted by Gasteiger charge is -2.23. The molecule has 0 amide bonds. The Morgan fingerprint density at radius 3 is 1.95 bits per heavy atom. The number of aryl methyl sites for hydroxylation is 1. The molecule has 0 spiro atoms. The minimum absolute atomic E-state index is 0.0444. The minimum atomic E-state index is -4.45. The molecule has 1 aromatic rings. The quantitative estimate of drug-likeness (QED) is 0.691. The molecule has 106 valence electrons. The molecular formula is C14H19F3N2. The van der Waals surface area contributed by atoms with E-state index in [1.54, 1.807) is 20.8 Å². The number of nitriles is 1. The third-order valence-corrected chi connectivity index (χ3v) is 2.33. The Morgan fingerprint density at radius 1 is 1.16 bits per heavy atom. The van der Waals surface area contributed by atoms with Crippen LogP contribution in [0.25, 0.3) is 0 Å². The van der Waals surface area contributed by atoms with E-state index in [2.05, 4.69) is 4.98 Å². The Kier molecular flexibility index (Phi) is 5.55. The van der Waals surface area contributed by atoms with E-state index in [9.17, 15) is 13.2 Å². The van der Waals surface area contributed by atoms with Crippen LogP contribution in [0.3, 0.4) is 0 Å². The summed E-state index contributed by atoms with van der Waals surface area (Å²) in [5.74, 6) is 0. The van der Waals surface area contributed by atoms with Crippen molar-refractivity contribution in [2.45, 2.75) is 53.1 Å². The molecule has 0 N–H and O–H groups in total. The van der Waals surface area contributed by atoms with Gasteiger partial charge in [0.25, 0.3) is 0 Å². The Labute approximate surface area is 112 Å². The first kappa shape index (κ1) is 17.4. The maximum absolute atomic E-state index is 12.9. The van der Waals surface area contributed by atoms with Crippen LogP contribution in [0.5, 0.6) is 0 Å².